The molecule has 6 heteroatoms. The molecule has 5 nitrogen and oxygen atoms in total. The molecule has 1 heterocycles. The van der Waals surface area contributed by atoms with Crippen LogP contribution in [0.1, 0.15) is 30.5 Å². The number of benzene rings is 2. The van der Waals surface area contributed by atoms with Crippen LogP contribution in [0.5, 0.6) is 0 Å². The Morgan fingerprint density at radius 3 is 2.39 bits per heavy atom. The summed E-state index contributed by atoms with van der Waals surface area (Å²) in [7, 11) is 0. The van der Waals surface area contributed by atoms with Crippen molar-refractivity contribution in [1.29, 1.82) is 5.26 Å². The van der Waals surface area contributed by atoms with Crippen LogP contribution in [-0.2, 0) is 11.3 Å². The molecule has 0 aliphatic carbocycles. The summed E-state index contributed by atoms with van der Waals surface area (Å²) in [6, 6.07) is 17.0. The largest absolute Gasteiger partial charge is 0.372 e. The van der Waals surface area contributed by atoms with E-state index in [0.717, 1.165) is 36.1 Å². The minimum atomic E-state index is -0.324. The van der Waals surface area contributed by atoms with E-state index in [-0.39, 0.29) is 17.7 Å². The van der Waals surface area contributed by atoms with E-state index in [1.807, 2.05) is 24.3 Å². The van der Waals surface area contributed by atoms with Crippen molar-refractivity contribution >= 4 is 34.7 Å². The summed E-state index contributed by atoms with van der Waals surface area (Å²) in [6.45, 7) is 6.18. The second kappa shape index (κ2) is 8.77. The molecular formula is C22H21N3O2S. The second-order valence-electron chi connectivity index (χ2n) is 6.30. The standard InChI is InChI=1S/C22H21N3O2S/c1-3-24(4-2)19-11-9-16(10-12-19)13-20-21(26)25(22(27)28-20)15-18-8-6-5-7-17(18)14-23/h5-13H,3-4,15H2,1-2H3/b20-13+. The number of thioether (sulfide) groups is 1. The van der Waals surface area contributed by atoms with Crippen LogP contribution >= 0.6 is 11.8 Å². The maximum Gasteiger partial charge on any atom is 0.293 e. The summed E-state index contributed by atoms with van der Waals surface area (Å²) in [5.74, 6) is -0.324. The third kappa shape index (κ3) is 4.10. The number of carbonyl (C=O) groups excluding carboxylic acids is 2. The average molecular weight is 391 g/mol. The molecule has 142 valence electrons. The van der Waals surface area contributed by atoms with Gasteiger partial charge >= 0.3 is 0 Å². The van der Waals surface area contributed by atoms with Crippen molar-refractivity contribution < 1.29 is 9.59 Å². The van der Waals surface area contributed by atoms with Gasteiger partial charge in [-0.1, -0.05) is 30.3 Å². The molecule has 1 fully saturated rings. The molecule has 0 aromatic heterocycles. The molecule has 0 unspecified atom stereocenters. The number of rotatable bonds is 6. The Bertz CT molecular complexity index is 956. The lowest BCUT2D eigenvalue weighted by Crippen LogP contribution is -2.27. The van der Waals surface area contributed by atoms with Crippen LogP contribution in [0.2, 0.25) is 0 Å². The van der Waals surface area contributed by atoms with Gasteiger partial charge in [-0.25, -0.2) is 0 Å². The van der Waals surface area contributed by atoms with Gasteiger partial charge < -0.3 is 4.90 Å². The highest BCUT2D eigenvalue weighted by molar-refractivity contribution is 8.18. The first-order valence-corrected chi connectivity index (χ1v) is 9.97. The van der Waals surface area contributed by atoms with E-state index in [2.05, 4.69) is 24.8 Å². The van der Waals surface area contributed by atoms with E-state index in [0.29, 0.717) is 16.0 Å². The van der Waals surface area contributed by atoms with Gasteiger partial charge in [-0.15, -0.1) is 0 Å². The lowest BCUT2D eigenvalue weighted by molar-refractivity contribution is -0.123. The Hall–Kier alpha value is -3.04. The van der Waals surface area contributed by atoms with Gasteiger partial charge in [-0.05, 0) is 61.0 Å². The molecule has 2 amide bonds. The fraction of sp³-hybridized carbons (Fsp3) is 0.227. The first-order valence-electron chi connectivity index (χ1n) is 9.15. The monoisotopic (exact) mass is 391 g/mol. The van der Waals surface area contributed by atoms with Crippen LogP contribution in [0, 0.1) is 11.3 Å². The van der Waals surface area contributed by atoms with Crippen molar-refractivity contribution in [3.8, 4) is 6.07 Å². The zero-order valence-electron chi connectivity index (χ0n) is 15.9. The van der Waals surface area contributed by atoms with Crippen LogP contribution < -0.4 is 4.90 Å². The van der Waals surface area contributed by atoms with E-state index < -0.39 is 0 Å². The van der Waals surface area contributed by atoms with Crippen molar-refractivity contribution in [2.45, 2.75) is 20.4 Å². The number of carbonyl (C=O) groups is 2. The Morgan fingerprint density at radius 2 is 1.75 bits per heavy atom. The van der Waals surface area contributed by atoms with Gasteiger partial charge in [0.25, 0.3) is 11.1 Å². The van der Waals surface area contributed by atoms with Crippen LogP contribution in [0.15, 0.2) is 53.4 Å². The smallest absolute Gasteiger partial charge is 0.293 e. The van der Waals surface area contributed by atoms with Gasteiger partial charge in [0.15, 0.2) is 0 Å². The third-order valence-electron chi connectivity index (χ3n) is 4.66. The molecule has 1 aliphatic rings. The highest BCUT2D eigenvalue weighted by Gasteiger charge is 2.35. The first-order chi connectivity index (χ1) is 13.6. The van der Waals surface area contributed by atoms with E-state index in [1.54, 1.807) is 30.3 Å². The van der Waals surface area contributed by atoms with Gasteiger partial charge in [0.05, 0.1) is 23.1 Å². The maximum atomic E-state index is 12.7. The van der Waals surface area contributed by atoms with Crippen LogP contribution in [-0.4, -0.2) is 29.1 Å². The number of nitrogens with zero attached hydrogens (tertiary/aromatic N) is 3. The summed E-state index contributed by atoms with van der Waals surface area (Å²) < 4.78 is 0. The highest BCUT2D eigenvalue weighted by atomic mass is 32.2. The molecule has 2 aromatic rings. The molecular weight excluding hydrogens is 370 g/mol. The number of anilines is 1. The third-order valence-corrected chi connectivity index (χ3v) is 5.57. The number of hydrogen-bond acceptors (Lipinski definition) is 5. The molecule has 2 aromatic carbocycles. The van der Waals surface area contributed by atoms with Crippen LogP contribution in [0.25, 0.3) is 6.08 Å². The van der Waals surface area contributed by atoms with Gasteiger partial charge in [-0.2, -0.15) is 5.26 Å². The fourth-order valence-corrected chi connectivity index (χ4v) is 3.93. The summed E-state index contributed by atoms with van der Waals surface area (Å²) in [5.41, 5.74) is 3.14. The number of hydrogen-bond donors (Lipinski definition) is 0. The molecule has 0 saturated carbocycles. The van der Waals surface area contributed by atoms with Gasteiger partial charge in [0.1, 0.15) is 0 Å². The Balaban J connectivity index is 1.78. The van der Waals surface area contributed by atoms with Gasteiger partial charge in [-0.3, -0.25) is 14.5 Å². The minimum Gasteiger partial charge on any atom is -0.372 e. The average Bonchev–Trinajstić information content (AvgIpc) is 2.98. The van der Waals surface area contributed by atoms with Crippen molar-refractivity contribution in [3.05, 3.63) is 70.1 Å². The second-order valence-corrected chi connectivity index (χ2v) is 7.29. The SMILES string of the molecule is CCN(CC)c1ccc(/C=C2/SC(=O)N(Cc3ccccc3C#N)C2=O)cc1. The van der Waals surface area contributed by atoms with E-state index >= 15 is 0 Å². The van der Waals surface area contributed by atoms with E-state index in [1.165, 1.54) is 4.90 Å². The Kier molecular flexibility index (Phi) is 6.17. The number of imide groups is 1. The molecule has 1 aliphatic heterocycles. The Labute approximate surface area is 169 Å². The highest BCUT2D eigenvalue weighted by Crippen LogP contribution is 2.33. The predicted octanol–water partition coefficient (Wildman–Crippen LogP) is 4.64. The zero-order chi connectivity index (χ0) is 20.1. The lowest BCUT2D eigenvalue weighted by Gasteiger charge is -2.20. The summed E-state index contributed by atoms with van der Waals surface area (Å²) in [6.07, 6.45) is 1.74. The molecule has 0 spiro atoms. The van der Waals surface area contributed by atoms with Crippen molar-refractivity contribution in [2.24, 2.45) is 0 Å². The predicted molar refractivity (Wildman–Crippen MR) is 113 cm³/mol. The summed E-state index contributed by atoms with van der Waals surface area (Å²) in [5, 5.41) is 8.89. The van der Waals surface area contributed by atoms with E-state index in [4.69, 9.17) is 0 Å². The quantitative estimate of drug-likeness (QED) is 0.671. The minimum absolute atomic E-state index is 0.104. The van der Waals surface area contributed by atoms with Crippen LogP contribution in [0.4, 0.5) is 10.5 Å². The van der Waals surface area contributed by atoms with Gasteiger partial charge in [0.2, 0.25) is 0 Å². The molecule has 0 bridgehead atoms. The van der Waals surface area contributed by atoms with Crippen molar-refractivity contribution in [2.75, 3.05) is 18.0 Å². The normalized spacial score (nSPS) is 15.2. The lowest BCUT2D eigenvalue weighted by atomic mass is 10.1. The maximum absolute atomic E-state index is 12.7. The molecule has 0 radical (unpaired) electrons. The van der Waals surface area contributed by atoms with Crippen LogP contribution in [0.3, 0.4) is 0 Å². The fourth-order valence-electron chi connectivity index (χ4n) is 3.10. The van der Waals surface area contributed by atoms with Crippen molar-refractivity contribution in [1.82, 2.24) is 4.90 Å². The van der Waals surface area contributed by atoms with E-state index in [9.17, 15) is 14.9 Å². The molecule has 0 N–H and O–H groups in total. The molecule has 3 rings (SSSR count). The summed E-state index contributed by atoms with van der Waals surface area (Å²) in [4.78, 5) is 28.9. The van der Waals surface area contributed by atoms with Crippen molar-refractivity contribution in [3.63, 3.8) is 0 Å². The summed E-state index contributed by atoms with van der Waals surface area (Å²) >= 11 is 0.934. The molecule has 1 saturated heterocycles. The zero-order valence-corrected chi connectivity index (χ0v) is 16.7. The number of nitriles is 1. The topological polar surface area (TPSA) is 64.4 Å². The number of amides is 2. The first kappa shape index (κ1) is 19.7. The van der Waals surface area contributed by atoms with Gasteiger partial charge in [0, 0.05) is 18.8 Å². The molecule has 28 heavy (non-hydrogen) atoms. The molecule has 0 atom stereocenters. The Morgan fingerprint density at radius 1 is 1.07 bits per heavy atom.